The SMILES string of the molecule is COc1cc(-c2ccc(C3CC3)cc2)c(F)cc1-n1c(=O)ccc2cc(S(=O)(=O)Nc3ccon3)ccc21. The van der Waals surface area contributed by atoms with Gasteiger partial charge in [-0.3, -0.25) is 14.1 Å². The molecule has 0 amide bonds. The Morgan fingerprint density at radius 2 is 1.82 bits per heavy atom. The zero-order valence-electron chi connectivity index (χ0n) is 20.2. The Morgan fingerprint density at radius 3 is 2.50 bits per heavy atom. The highest BCUT2D eigenvalue weighted by molar-refractivity contribution is 7.92. The van der Waals surface area contributed by atoms with Crippen molar-refractivity contribution < 1.29 is 22.1 Å². The van der Waals surface area contributed by atoms with Crippen molar-refractivity contribution in [2.45, 2.75) is 23.7 Å². The van der Waals surface area contributed by atoms with Gasteiger partial charge in [0.25, 0.3) is 15.6 Å². The number of pyridine rings is 1. The van der Waals surface area contributed by atoms with Crippen LogP contribution < -0.4 is 15.0 Å². The second-order valence-corrected chi connectivity index (χ2v) is 10.8. The number of anilines is 1. The third-order valence-electron chi connectivity index (χ3n) is 6.63. The largest absolute Gasteiger partial charge is 0.495 e. The maximum Gasteiger partial charge on any atom is 0.263 e. The van der Waals surface area contributed by atoms with Gasteiger partial charge in [-0.05, 0) is 60.2 Å². The van der Waals surface area contributed by atoms with Crippen molar-refractivity contribution in [3.63, 3.8) is 0 Å². The van der Waals surface area contributed by atoms with E-state index in [1.165, 1.54) is 78.8 Å². The number of aromatic nitrogens is 2. The van der Waals surface area contributed by atoms with Gasteiger partial charge < -0.3 is 9.26 Å². The van der Waals surface area contributed by atoms with Crippen LogP contribution in [0.25, 0.3) is 27.7 Å². The first-order valence-electron chi connectivity index (χ1n) is 11.9. The van der Waals surface area contributed by atoms with Crippen molar-refractivity contribution >= 4 is 26.7 Å². The normalized spacial score (nSPS) is 13.5. The average molecular weight is 532 g/mol. The van der Waals surface area contributed by atoms with E-state index < -0.39 is 21.4 Å². The predicted octanol–water partition coefficient (Wildman–Crippen LogP) is 5.47. The van der Waals surface area contributed by atoms with Crippen molar-refractivity contribution in [3.05, 3.63) is 101 Å². The maximum absolute atomic E-state index is 15.5. The second-order valence-electron chi connectivity index (χ2n) is 9.12. The van der Waals surface area contributed by atoms with Crippen LogP contribution in [0.1, 0.15) is 24.3 Å². The Balaban J connectivity index is 1.43. The first-order valence-corrected chi connectivity index (χ1v) is 13.4. The van der Waals surface area contributed by atoms with Gasteiger partial charge in [0.05, 0.1) is 23.2 Å². The minimum absolute atomic E-state index is 0.0394. The smallest absolute Gasteiger partial charge is 0.263 e. The number of nitrogens with zero attached hydrogens (tertiary/aromatic N) is 2. The lowest BCUT2D eigenvalue weighted by Gasteiger charge is -2.16. The Kier molecular flexibility index (Phi) is 5.76. The molecule has 1 N–H and O–H groups in total. The molecule has 2 heterocycles. The monoisotopic (exact) mass is 531 g/mol. The Bertz CT molecular complexity index is 1830. The van der Waals surface area contributed by atoms with Gasteiger partial charge in [-0.15, -0.1) is 0 Å². The number of rotatable bonds is 7. The molecule has 1 fully saturated rings. The van der Waals surface area contributed by atoms with E-state index >= 15 is 4.39 Å². The second kappa shape index (κ2) is 9.14. The average Bonchev–Trinajstić information content (AvgIpc) is 3.65. The number of nitrogens with one attached hydrogen (secondary N) is 1. The lowest BCUT2D eigenvalue weighted by atomic mass is 10.0. The summed E-state index contributed by atoms with van der Waals surface area (Å²) in [4.78, 5) is 13.0. The summed E-state index contributed by atoms with van der Waals surface area (Å²) in [6.07, 6.45) is 3.61. The van der Waals surface area contributed by atoms with Crippen molar-refractivity contribution in [3.8, 4) is 22.6 Å². The third kappa shape index (κ3) is 4.32. The molecule has 0 bridgehead atoms. The van der Waals surface area contributed by atoms with E-state index in [9.17, 15) is 13.2 Å². The Labute approximate surface area is 217 Å². The molecule has 0 saturated heterocycles. The molecule has 0 unspecified atom stereocenters. The number of ether oxygens (including phenoxy) is 1. The summed E-state index contributed by atoms with van der Waals surface area (Å²) in [6.45, 7) is 0. The highest BCUT2D eigenvalue weighted by Crippen LogP contribution is 2.41. The highest BCUT2D eigenvalue weighted by Gasteiger charge is 2.24. The van der Waals surface area contributed by atoms with Crippen molar-refractivity contribution in [2.24, 2.45) is 0 Å². The van der Waals surface area contributed by atoms with E-state index in [2.05, 4.69) is 14.4 Å². The first-order chi connectivity index (χ1) is 18.3. The number of methoxy groups -OCH3 is 1. The van der Waals surface area contributed by atoms with Crippen LogP contribution in [0.4, 0.5) is 10.2 Å². The van der Waals surface area contributed by atoms with Crippen LogP contribution in [0.3, 0.4) is 0 Å². The van der Waals surface area contributed by atoms with Gasteiger partial charge >= 0.3 is 0 Å². The molecule has 6 rings (SSSR count). The maximum atomic E-state index is 15.5. The molecule has 0 spiro atoms. The van der Waals surface area contributed by atoms with E-state index in [1.54, 1.807) is 6.07 Å². The molecular weight excluding hydrogens is 509 g/mol. The molecule has 1 aliphatic rings. The molecular formula is C28H22FN3O5S. The zero-order valence-corrected chi connectivity index (χ0v) is 21.0. The Hall–Kier alpha value is -4.44. The predicted molar refractivity (Wildman–Crippen MR) is 141 cm³/mol. The van der Waals surface area contributed by atoms with Gasteiger partial charge in [-0.25, -0.2) is 12.8 Å². The summed E-state index contributed by atoms with van der Waals surface area (Å²) in [6, 6.07) is 19.1. The molecule has 10 heteroatoms. The number of hydrogen-bond acceptors (Lipinski definition) is 6. The molecule has 192 valence electrons. The minimum Gasteiger partial charge on any atom is -0.495 e. The molecule has 1 aliphatic carbocycles. The summed E-state index contributed by atoms with van der Waals surface area (Å²) >= 11 is 0. The molecule has 0 radical (unpaired) electrons. The molecule has 1 saturated carbocycles. The first kappa shape index (κ1) is 23.9. The lowest BCUT2D eigenvalue weighted by molar-refractivity contribution is 0.412. The number of hydrogen-bond donors (Lipinski definition) is 1. The fourth-order valence-corrected chi connectivity index (χ4v) is 5.58. The number of halogens is 1. The standard InChI is InChI=1S/C28H22FN3O5S/c1-36-26-15-22(19-6-4-18(5-7-19)17-2-3-17)23(29)16-25(26)32-24-10-9-21(14-20(24)8-11-28(32)33)38(34,35)31-27-12-13-37-30-27/h4-17H,2-3H2,1H3,(H,30,31). The van der Waals surface area contributed by atoms with Crippen molar-refractivity contribution in [2.75, 3.05) is 11.8 Å². The van der Waals surface area contributed by atoms with Gasteiger partial charge in [-0.2, -0.15) is 0 Å². The summed E-state index contributed by atoms with van der Waals surface area (Å²) in [7, 11) is -2.52. The summed E-state index contributed by atoms with van der Waals surface area (Å²) < 4.78 is 55.0. The molecule has 2 aromatic heterocycles. The Morgan fingerprint density at radius 1 is 1.03 bits per heavy atom. The van der Waals surface area contributed by atoms with Crippen LogP contribution in [-0.4, -0.2) is 25.3 Å². The van der Waals surface area contributed by atoms with E-state index in [1.807, 2.05) is 24.3 Å². The summed E-state index contributed by atoms with van der Waals surface area (Å²) in [5, 5.41) is 4.02. The number of sulfonamides is 1. The van der Waals surface area contributed by atoms with E-state index in [4.69, 9.17) is 4.74 Å². The summed E-state index contributed by atoms with van der Waals surface area (Å²) in [5.74, 6) is 0.418. The van der Waals surface area contributed by atoms with E-state index in [-0.39, 0.29) is 16.4 Å². The van der Waals surface area contributed by atoms with E-state index in [0.29, 0.717) is 33.7 Å². The number of fused-ring (bicyclic) bond motifs is 1. The fourth-order valence-electron chi connectivity index (χ4n) is 4.56. The molecule has 0 aliphatic heterocycles. The molecule has 3 aromatic carbocycles. The topological polar surface area (TPSA) is 103 Å². The van der Waals surface area contributed by atoms with Crippen LogP contribution in [0.15, 0.2) is 93.3 Å². The summed E-state index contributed by atoms with van der Waals surface area (Å²) in [5.41, 5.74) is 2.48. The third-order valence-corrected chi connectivity index (χ3v) is 7.99. The van der Waals surface area contributed by atoms with Crippen LogP contribution in [0.5, 0.6) is 5.75 Å². The van der Waals surface area contributed by atoms with Gasteiger partial charge in [0, 0.05) is 29.1 Å². The van der Waals surface area contributed by atoms with Crippen LogP contribution in [0.2, 0.25) is 0 Å². The molecule has 8 nitrogen and oxygen atoms in total. The highest BCUT2D eigenvalue weighted by atomic mass is 32.2. The van der Waals surface area contributed by atoms with Gasteiger partial charge in [0.2, 0.25) is 0 Å². The van der Waals surface area contributed by atoms with Crippen LogP contribution in [0, 0.1) is 5.82 Å². The van der Waals surface area contributed by atoms with Crippen LogP contribution in [-0.2, 0) is 10.0 Å². The van der Waals surface area contributed by atoms with Gasteiger partial charge in [-0.1, -0.05) is 29.4 Å². The van der Waals surface area contributed by atoms with Gasteiger partial charge in [0.1, 0.15) is 17.8 Å². The molecule has 0 atom stereocenters. The lowest BCUT2D eigenvalue weighted by Crippen LogP contribution is -2.19. The van der Waals surface area contributed by atoms with Crippen LogP contribution >= 0.6 is 0 Å². The molecule has 38 heavy (non-hydrogen) atoms. The zero-order chi connectivity index (χ0) is 26.4. The number of benzene rings is 3. The quantitative estimate of drug-likeness (QED) is 0.299. The van der Waals surface area contributed by atoms with Crippen molar-refractivity contribution in [1.82, 2.24) is 9.72 Å². The fraction of sp³-hybridized carbons (Fsp3) is 0.143. The van der Waals surface area contributed by atoms with Gasteiger partial charge in [0.15, 0.2) is 5.82 Å². The minimum atomic E-state index is -3.97. The van der Waals surface area contributed by atoms with Crippen molar-refractivity contribution in [1.29, 1.82) is 0 Å². The molecule has 5 aromatic rings. The van der Waals surface area contributed by atoms with E-state index in [0.717, 1.165) is 0 Å².